The number of rotatable bonds is 57. The van der Waals surface area contributed by atoms with Gasteiger partial charge in [-0.2, -0.15) is 0 Å². The summed E-state index contributed by atoms with van der Waals surface area (Å²) in [4.78, 5) is 15.3. The average molecular weight is 1040 g/mol. The van der Waals surface area contributed by atoms with Gasteiger partial charge >= 0.3 is 0 Å². The third-order valence-electron chi connectivity index (χ3n) is 10.2. The van der Waals surface area contributed by atoms with Crippen molar-refractivity contribution >= 4 is 5.78 Å². The molecule has 2 rings (SSSR count). The first-order valence-electron chi connectivity index (χ1n) is 25.6. The third kappa shape index (κ3) is 40.2. The van der Waals surface area contributed by atoms with Gasteiger partial charge in [-0.25, -0.2) is 0 Å². The Hall–Kier alpha value is -2.11. The van der Waals surface area contributed by atoms with Gasteiger partial charge in [-0.1, -0.05) is 0 Å². The lowest BCUT2D eigenvalue weighted by atomic mass is 9.91. The highest BCUT2D eigenvalue weighted by molar-refractivity contribution is 6.02. The van der Waals surface area contributed by atoms with Gasteiger partial charge < -0.3 is 95.1 Å². The Balaban J connectivity index is 1.15. The summed E-state index contributed by atoms with van der Waals surface area (Å²) in [6, 6.07) is 7.28. The normalized spacial score (nSPS) is 13.4. The van der Waals surface area contributed by atoms with Crippen LogP contribution in [0.5, 0.6) is 5.75 Å². The van der Waals surface area contributed by atoms with Crippen LogP contribution >= 0.6 is 0 Å². The lowest BCUT2D eigenvalue weighted by Crippen LogP contribution is -2.54. The molecule has 1 heterocycles. The van der Waals surface area contributed by atoms with E-state index in [1.54, 1.807) is 0 Å². The predicted molar refractivity (Wildman–Crippen MR) is 264 cm³/mol. The van der Waals surface area contributed by atoms with E-state index in [0.717, 1.165) is 13.1 Å². The van der Waals surface area contributed by atoms with Crippen LogP contribution in [-0.2, 0) is 85.3 Å². The Bertz CT molecular complexity index is 1280. The van der Waals surface area contributed by atoms with Crippen molar-refractivity contribution in [1.29, 1.82) is 0 Å². The molecule has 1 saturated heterocycles. The van der Waals surface area contributed by atoms with Crippen molar-refractivity contribution in [2.75, 3.05) is 264 Å². The second-order valence-electron chi connectivity index (χ2n) is 16.0. The molecule has 422 valence electrons. The Morgan fingerprint density at radius 2 is 0.611 bits per heavy atom. The van der Waals surface area contributed by atoms with Gasteiger partial charge in [0.1, 0.15) is 12.4 Å². The highest BCUT2D eigenvalue weighted by atomic mass is 16.6. The van der Waals surface area contributed by atoms with Gasteiger partial charge in [0.25, 0.3) is 0 Å². The van der Waals surface area contributed by atoms with Crippen LogP contribution in [0.1, 0.15) is 24.2 Å². The van der Waals surface area contributed by atoms with Gasteiger partial charge in [0.15, 0.2) is 5.78 Å². The van der Waals surface area contributed by atoms with E-state index in [0.29, 0.717) is 256 Å². The van der Waals surface area contributed by atoms with Crippen LogP contribution in [0.3, 0.4) is 0 Å². The molecule has 1 fully saturated rings. The van der Waals surface area contributed by atoms with Gasteiger partial charge in [0, 0.05) is 18.7 Å². The van der Waals surface area contributed by atoms with Crippen molar-refractivity contribution in [3.05, 3.63) is 29.8 Å². The number of nitrogens with zero attached hydrogens (tertiary/aromatic N) is 1. The van der Waals surface area contributed by atoms with Crippen LogP contribution in [0.25, 0.3) is 0 Å². The number of carbonyl (C=O) groups excluding carboxylic acids is 1. The standard InChI is InChI=1S/C50H91NO21/c1-50(2,51-7-10-54-11-8-51)49(53)47-3-5-48(6-4-47)72-46-45-71-44-43-70-42-41-69-40-39-68-38-37-67-36-35-66-34-33-65-32-31-64-30-29-63-28-27-62-26-25-61-24-23-60-22-21-59-20-19-58-18-17-57-16-15-56-14-13-55-12-9-52/h3-6,52H,7-46H2,1-2H3. The van der Waals surface area contributed by atoms with E-state index in [1.807, 2.05) is 38.1 Å². The minimum absolute atomic E-state index is 0.0183. The fraction of sp³-hybridized carbons (Fsp3) is 0.860. The molecule has 1 aromatic carbocycles. The molecule has 0 saturated carbocycles. The van der Waals surface area contributed by atoms with Gasteiger partial charge in [-0.3, -0.25) is 9.69 Å². The molecule has 0 aliphatic carbocycles. The summed E-state index contributed by atoms with van der Waals surface area (Å²) in [6.45, 7) is 23.4. The zero-order chi connectivity index (χ0) is 51.4. The summed E-state index contributed by atoms with van der Waals surface area (Å²) in [5, 5.41) is 8.61. The maximum atomic E-state index is 13.1. The summed E-state index contributed by atoms with van der Waals surface area (Å²) in [6.07, 6.45) is 0. The van der Waals surface area contributed by atoms with Gasteiger partial charge in [-0.05, 0) is 38.1 Å². The maximum Gasteiger partial charge on any atom is 0.182 e. The Morgan fingerprint density at radius 3 is 0.847 bits per heavy atom. The first kappa shape index (κ1) is 66.0. The summed E-state index contributed by atoms with van der Waals surface area (Å²) in [5.74, 6) is 0.783. The zero-order valence-corrected chi connectivity index (χ0v) is 43.7. The highest BCUT2D eigenvalue weighted by Crippen LogP contribution is 2.23. The van der Waals surface area contributed by atoms with E-state index in [9.17, 15) is 4.79 Å². The second kappa shape index (κ2) is 51.0. The largest absolute Gasteiger partial charge is 0.491 e. The first-order valence-corrected chi connectivity index (χ1v) is 25.6. The number of hydrogen-bond acceptors (Lipinski definition) is 22. The molecule has 1 aromatic rings. The van der Waals surface area contributed by atoms with Gasteiger partial charge in [0.2, 0.25) is 0 Å². The molecule has 0 spiro atoms. The van der Waals surface area contributed by atoms with Crippen LogP contribution in [-0.4, -0.2) is 285 Å². The molecule has 0 bridgehead atoms. The van der Waals surface area contributed by atoms with Crippen LogP contribution in [0.15, 0.2) is 24.3 Å². The van der Waals surface area contributed by atoms with E-state index in [-0.39, 0.29) is 12.4 Å². The molecule has 1 aliphatic heterocycles. The lowest BCUT2D eigenvalue weighted by molar-refractivity contribution is -0.0309. The topological polar surface area (TPSA) is 216 Å². The molecular formula is C50H91NO21. The summed E-state index contributed by atoms with van der Waals surface area (Å²) in [5.41, 5.74) is 0.0791. The molecule has 22 heteroatoms. The van der Waals surface area contributed by atoms with Crippen LogP contribution in [0, 0.1) is 0 Å². The number of aliphatic hydroxyl groups is 1. The number of benzene rings is 1. The second-order valence-corrected chi connectivity index (χ2v) is 16.0. The van der Waals surface area contributed by atoms with Crippen molar-refractivity contribution in [2.24, 2.45) is 0 Å². The zero-order valence-electron chi connectivity index (χ0n) is 43.7. The van der Waals surface area contributed by atoms with E-state index in [2.05, 4.69) is 4.90 Å². The molecular weight excluding hydrogens is 951 g/mol. The smallest absolute Gasteiger partial charge is 0.182 e. The molecule has 1 aliphatic rings. The van der Waals surface area contributed by atoms with Crippen molar-refractivity contribution in [3.8, 4) is 5.75 Å². The number of ether oxygens (including phenoxy) is 19. The maximum absolute atomic E-state index is 13.1. The fourth-order valence-electron chi connectivity index (χ4n) is 6.23. The Morgan fingerprint density at radius 1 is 0.389 bits per heavy atom. The molecule has 0 unspecified atom stereocenters. The van der Waals surface area contributed by atoms with E-state index >= 15 is 0 Å². The average Bonchev–Trinajstić information content (AvgIpc) is 3.40. The first-order chi connectivity index (χ1) is 35.6. The van der Waals surface area contributed by atoms with Crippen LogP contribution < -0.4 is 4.74 Å². The fourth-order valence-corrected chi connectivity index (χ4v) is 6.23. The van der Waals surface area contributed by atoms with Gasteiger partial charge in [0.05, 0.1) is 250 Å². The van der Waals surface area contributed by atoms with Crippen molar-refractivity contribution in [1.82, 2.24) is 4.90 Å². The Kier molecular flexibility index (Phi) is 46.8. The summed E-state index contributed by atoms with van der Waals surface area (Å²) in [7, 11) is 0. The molecule has 1 N–H and O–H groups in total. The minimum Gasteiger partial charge on any atom is -0.491 e. The van der Waals surface area contributed by atoms with Crippen molar-refractivity contribution < 1.29 is 99.9 Å². The number of ketones is 1. The van der Waals surface area contributed by atoms with Gasteiger partial charge in [-0.15, -0.1) is 0 Å². The van der Waals surface area contributed by atoms with Crippen molar-refractivity contribution in [3.63, 3.8) is 0 Å². The van der Waals surface area contributed by atoms with E-state index < -0.39 is 5.54 Å². The Labute approximate surface area is 428 Å². The van der Waals surface area contributed by atoms with E-state index in [1.165, 1.54) is 0 Å². The number of hydrogen-bond donors (Lipinski definition) is 1. The predicted octanol–water partition coefficient (Wildman–Crippen LogP) is 1.63. The summed E-state index contributed by atoms with van der Waals surface area (Å²) < 4.78 is 104. The summed E-state index contributed by atoms with van der Waals surface area (Å²) >= 11 is 0. The number of aliphatic hydroxyl groups excluding tert-OH is 1. The monoisotopic (exact) mass is 1040 g/mol. The third-order valence-corrected chi connectivity index (χ3v) is 10.2. The SMILES string of the molecule is CC(C)(C(=O)c1ccc(OCCOCCOCCOCCOCCOCCOCCOCCOCCOCCOCCOCCOCCOCCOCCOCCOCCOCCO)cc1)N1CCOCC1. The van der Waals surface area contributed by atoms with Crippen molar-refractivity contribution in [2.45, 2.75) is 19.4 Å². The molecule has 72 heavy (non-hydrogen) atoms. The molecule has 22 nitrogen and oxygen atoms in total. The lowest BCUT2D eigenvalue weighted by Gasteiger charge is -2.39. The van der Waals surface area contributed by atoms with Crippen LogP contribution in [0.4, 0.5) is 0 Å². The van der Waals surface area contributed by atoms with E-state index in [4.69, 9.17) is 95.1 Å². The molecule has 0 aromatic heterocycles. The minimum atomic E-state index is -0.587. The van der Waals surface area contributed by atoms with Crippen LogP contribution in [0.2, 0.25) is 0 Å². The highest BCUT2D eigenvalue weighted by Gasteiger charge is 2.35. The molecule has 0 radical (unpaired) electrons. The quantitative estimate of drug-likeness (QED) is 0.0725. The number of Topliss-reactive ketones (excluding diaryl/α,β-unsaturated/α-hetero) is 1. The molecule has 0 amide bonds. The number of carbonyl (C=O) groups is 1. The number of morpholine rings is 1. The molecule has 0 atom stereocenters.